The quantitative estimate of drug-likeness (QED) is 0.795. The smallest absolute Gasteiger partial charge is 0.333 e. The fraction of sp³-hybridized carbons (Fsp3) is 0.316. The summed E-state index contributed by atoms with van der Waals surface area (Å²) < 4.78 is 11.2. The summed E-state index contributed by atoms with van der Waals surface area (Å²) in [5.74, 6) is 0.854. The van der Waals surface area contributed by atoms with E-state index in [-0.39, 0.29) is 0 Å². The van der Waals surface area contributed by atoms with Gasteiger partial charge < -0.3 is 14.6 Å². The molecule has 2 rings (SSSR count). The standard InChI is InChI=1S/C19H22O4/c1-14(2)13-22-18(19(20)21)12-15-8-10-17(11-9-15)23-16-6-4-3-5-7-16/h3-11,14,18H,12-13H2,1-2H3,(H,20,21)/t18-/m1/s1. The minimum absolute atomic E-state index is 0.304. The Bertz CT molecular complexity index is 605. The molecule has 1 atom stereocenters. The molecule has 0 unspecified atom stereocenters. The van der Waals surface area contributed by atoms with E-state index in [9.17, 15) is 9.90 Å². The zero-order valence-electron chi connectivity index (χ0n) is 13.4. The molecule has 4 heteroatoms. The van der Waals surface area contributed by atoms with Crippen LogP contribution in [0.5, 0.6) is 11.5 Å². The van der Waals surface area contributed by atoms with Gasteiger partial charge in [-0.05, 0) is 35.7 Å². The molecule has 0 aromatic heterocycles. The number of carboxylic acids is 1. The predicted molar refractivity (Wildman–Crippen MR) is 88.9 cm³/mol. The van der Waals surface area contributed by atoms with E-state index >= 15 is 0 Å². The van der Waals surface area contributed by atoms with E-state index < -0.39 is 12.1 Å². The summed E-state index contributed by atoms with van der Waals surface area (Å²) in [6, 6.07) is 16.9. The zero-order chi connectivity index (χ0) is 16.7. The van der Waals surface area contributed by atoms with E-state index in [1.54, 1.807) is 0 Å². The van der Waals surface area contributed by atoms with Gasteiger partial charge in [-0.1, -0.05) is 44.2 Å². The Kier molecular flexibility index (Phi) is 6.18. The first-order valence-electron chi connectivity index (χ1n) is 7.71. The molecule has 0 heterocycles. The van der Waals surface area contributed by atoms with Crippen molar-refractivity contribution in [3.05, 3.63) is 60.2 Å². The highest BCUT2D eigenvalue weighted by Crippen LogP contribution is 2.21. The van der Waals surface area contributed by atoms with Gasteiger partial charge in [-0.2, -0.15) is 0 Å². The number of carboxylic acid groups (broad SMARTS) is 1. The lowest BCUT2D eigenvalue weighted by Gasteiger charge is -2.15. The average molecular weight is 314 g/mol. The third-order valence-electron chi connectivity index (χ3n) is 3.23. The van der Waals surface area contributed by atoms with Gasteiger partial charge in [0.25, 0.3) is 0 Å². The Labute approximate surface area is 136 Å². The largest absolute Gasteiger partial charge is 0.479 e. The summed E-state index contributed by atoms with van der Waals surface area (Å²) in [5, 5.41) is 9.25. The second-order valence-corrected chi connectivity index (χ2v) is 5.82. The Balaban J connectivity index is 1.96. The van der Waals surface area contributed by atoms with Crippen molar-refractivity contribution in [1.82, 2.24) is 0 Å². The molecule has 0 aliphatic heterocycles. The van der Waals surface area contributed by atoms with Gasteiger partial charge in [-0.3, -0.25) is 0 Å². The van der Waals surface area contributed by atoms with Crippen LogP contribution < -0.4 is 4.74 Å². The van der Waals surface area contributed by atoms with Crippen LogP contribution >= 0.6 is 0 Å². The van der Waals surface area contributed by atoms with Crippen LogP contribution in [0.1, 0.15) is 19.4 Å². The molecule has 0 saturated carbocycles. The molecule has 2 aromatic rings. The Morgan fingerprint density at radius 1 is 1.00 bits per heavy atom. The van der Waals surface area contributed by atoms with Crippen LogP contribution in [0, 0.1) is 5.92 Å². The van der Waals surface area contributed by atoms with Crippen molar-refractivity contribution < 1.29 is 19.4 Å². The van der Waals surface area contributed by atoms with E-state index in [2.05, 4.69) is 0 Å². The number of hydrogen-bond acceptors (Lipinski definition) is 3. The van der Waals surface area contributed by atoms with Gasteiger partial charge in [0.1, 0.15) is 11.5 Å². The second kappa shape index (κ2) is 8.34. The number of rotatable bonds is 8. The first-order valence-corrected chi connectivity index (χ1v) is 7.71. The molecule has 0 radical (unpaired) electrons. The summed E-state index contributed by atoms with van der Waals surface area (Å²) in [6.07, 6.45) is -0.480. The molecule has 4 nitrogen and oxygen atoms in total. The number of hydrogen-bond donors (Lipinski definition) is 1. The van der Waals surface area contributed by atoms with E-state index in [0.717, 1.165) is 17.1 Å². The van der Waals surface area contributed by atoms with Crippen LogP contribution in [0.3, 0.4) is 0 Å². The average Bonchev–Trinajstić information content (AvgIpc) is 2.53. The highest BCUT2D eigenvalue weighted by Gasteiger charge is 2.19. The van der Waals surface area contributed by atoms with Crippen molar-refractivity contribution in [2.45, 2.75) is 26.4 Å². The normalized spacial score (nSPS) is 12.1. The van der Waals surface area contributed by atoms with Crippen molar-refractivity contribution >= 4 is 5.97 Å². The SMILES string of the molecule is CC(C)CO[C@H](Cc1ccc(Oc2ccccc2)cc1)C(=O)O. The van der Waals surface area contributed by atoms with Gasteiger partial charge in [0.05, 0.1) is 6.61 Å². The highest BCUT2D eigenvalue weighted by atomic mass is 16.5. The Hall–Kier alpha value is -2.33. The van der Waals surface area contributed by atoms with Gasteiger partial charge >= 0.3 is 5.97 Å². The van der Waals surface area contributed by atoms with Crippen LogP contribution in [0.2, 0.25) is 0 Å². The summed E-state index contributed by atoms with van der Waals surface area (Å²) in [5.41, 5.74) is 0.904. The van der Waals surface area contributed by atoms with Crippen LogP contribution in [0.4, 0.5) is 0 Å². The summed E-state index contributed by atoms with van der Waals surface area (Å²) in [6.45, 7) is 4.43. The van der Waals surface area contributed by atoms with Gasteiger partial charge in [-0.15, -0.1) is 0 Å². The van der Waals surface area contributed by atoms with Crippen molar-refractivity contribution in [3.8, 4) is 11.5 Å². The predicted octanol–water partition coefficient (Wildman–Crippen LogP) is 4.15. The Morgan fingerprint density at radius 2 is 1.61 bits per heavy atom. The molecule has 23 heavy (non-hydrogen) atoms. The van der Waals surface area contributed by atoms with Crippen LogP contribution in [-0.4, -0.2) is 23.8 Å². The first kappa shape index (κ1) is 17.0. The molecule has 0 fully saturated rings. The second-order valence-electron chi connectivity index (χ2n) is 5.82. The third kappa shape index (κ3) is 5.75. The van der Waals surface area contributed by atoms with Gasteiger partial charge in [-0.25, -0.2) is 4.79 Å². The summed E-state index contributed by atoms with van der Waals surface area (Å²) in [4.78, 5) is 11.3. The minimum atomic E-state index is -0.935. The summed E-state index contributed by atoms with van der Waals surface area (Å²) in [7, 11) is 0. The molecule has 0 saturated heterocycles. The Morgan fingerprint density at radius 3 is 2.17 bits per heavy atom. The topological polar surface area (TPSA) is 55.8 Å². The molecular weight excluding hydrogens is 292 g/mol. The van der Waals surface area contributed by atoms with Crippen molar-refractivity contribution in [1.29, 1.82) is 0 Å². The van der Waals surface area contributed by atoms with Gasteiger partial charge in [0.2, 0.25) is 0 Å². The van der Waals surface area contributed by atoms with Crippen LogP contribution in [-0.2, 0) is 16.0 Å². The molecule has 0 spiro atoms. The fourth-order valence-corrected chi connectivity index (χ4v) is 2.06. The van der Waals surface area contributed by atoms with E-state index in [1.807, 2.05) is 68.4 Å². The van der Waals surface area contributed by atoms with Crippen LogP contribution in [0.15, 0.2) is 54.6 Å². The lowest BCUT2D eigenvalue weighted by molar-refractivity contribution is -0.150. The maximum absolute atomic E-state index is 11.3. The van der Waals surface area contributed by atoms with E-state index in [0.29, 0.717) is 18.9 Å². The lowest BCUT2D eigenvalue weighted by Crippen LogP contribution is -2.27. The molecule has 122 valence electrons. The lowest BCUT2D eigenvalue weighted by atomic mass is 10.1. The number of para-hydroxylation sites is 1. The minimum Gasteiger partial charge on any atom is -0.479 e. The molecule has 1 N–H and O–H groups in total. The first-order chi connectivity index (χ1) is 11.0. The molecule has 2 aromatic carbocycles. The summed E-state index contributed by atoms with van der Waals surface area (Å²) >= 11 is 0. The number of benzene rings is 2. The molecule has 0 aliphatic rings. The van der Waals surface area contributed by atoms with Crippen molar-refractivity contribution in [2.75, 3.05) is 6.61 Å². The van der Waals surface area contributed by atoms with Crippen LogP contribution in [0.25, 0.3) is 0 Å². The molecular formula is C19H22O4. The maximum Gasteiger partial charge on any atom is 0.333 e. The third-order valence-corrected chi connectivity index (χ3v) is 3.23. The van der Waals surface area contributed by atoms with Gasteiger partial charge in [0.15, 0.2) is 6.10 Å². The molecule has 0 aliphatic carbocycles. The molecule has 0 bridgehead atoms. The van der Waals surface area contributed by atoms with Crippen molar-refractivity contribution in [3.63, 3.8) is 0 Å². The maximum atomic E-state index is 11.3. The highest BCUT2D eigenvalue weighted by molar-refractivity contribution is 5.72. The number of carbonyl (C=O) groups is 1. The molecule has 0 amide bonds. The monoisotopic (exact) mass is 314 g/mol. The van der Waals surface area contributed by atoms with E-state index in [1.165, 1.54) is 0 Å². The number of aliphatic carboxylic acids is 1. The fourth-order valence-electron chi connectivity index (χ4n) is 2.06. The van der Waals surface area contributed by atoms with Crippen molar-refractivity contribution in [2.24, 2.45) is 5.92 Å². The zero-order valence-corrected chi connectivity index (χ0v) is 13.4. The van der Waals surface area contributed by atoms with Gasteiger partial charge in [0, 0.05) is 6.42 Å². The number of ether oxygens (including phenoxy) is 2. The van der Waals surface area contributed by atoms with E-state index in [4.69, 9.17) is 9.47 Å².